The molecule has 0 spiro atoms. The summed E-state index contributed by atoms with van der Waals surface area (Å²) in [6.07, 6.45) is 7.08. The Kier molecular flexibility index (Phi) is 3.36. The van der Waals surface area contributed by atoms with E-state index < -0.39 is 10.0 Å². The molecule has 1 aliphatic rings. The van der Waals surface area contributed by atoms with Gasteiger partial charge in [0, 0.05) is 36.9 Å². The van der Waals surface area contributed by atoms with Gasteiger partial charge in [0.25, 0.3) is 0 Å². The maximum absolute atomic E-state index is 12.2. The monoisotopic (exact) mass is 295 g/mol. The smallest absolute Gasteiger partial charge is 0.242 e. The number of nitrogens with two attached hydrogens (primary N) is 1. The second-order valence-corrected chi connectivity index (χ2v) is 6.64. The SMILES string of the molecule is NCc1cc(S(=O)(=O)NCc2ncc[nH]2)cn1C1CC1. The summed E-state index contributed by atoms with van der Waals surface area (Å²) in [4.78, 5) is 7.10. The first-order valence-electron chi connectivity index (χ1n) is 6.49. The van der Waals surface area contributed by atoms with Crippen molar-refractivity contribution in [1.82, 2.24) is 19.3 Å². The van der Waals surface area contributed by atoms with Crippen molar-refractivity contribution in [2.24, 2.45) is 5.73 Å². The van der Waals surface area contributed by atoms with Crippen molar-refractivity contribution in [2.75, 3.05) is 0 Å². The highest BCUT2D eigenvalue weighted by Gasteiger charge is 2.27. The fraction of sp³-hybridized carbons (Fsp3) is 0.417. The van der Waals surface area contributed by atoms with Crippen LogP contribution in [0.4, 0.5) is 0 Å². The number of aromatic amines is 1. The largest absolute Gasteiger partial charge is 0.347 e. The van der Waals surface area contributed by atoms with Crippen LogP contribution in [0.3, 0.4) is 0 Å². The number of aromatic nitrogens is 3. The van der Waals surface area contributed by atoms with Gasteiger partial charge >= 0.3 is 0 Å². The van der Waals surface area contributed by atoms with Gasteiger partial charge in [-0.15, -0.1) is 0 Å². The molecule has 2 aromatic rings. The van der Waals surface area contributed by atoms with Crippen molar-refractivity contribution >= 4 is 10.0 Å². The minimum absolute atomic E-state index is 0.141. The zero-order valence-corrected chi connectivity index (χ0v) is 11.7. The molecule has 8 heteroatoms. The Labute approximate surface area is 117 Å². The van der Waals surface area contributed by atoms with Crippen LogP contribution in [0.5, 0.6) is 0 Å². The standard InChI is InChI=1S/C12H17N5O2S/c13-6-10-5-11(8-17(10)9-1-2-9)20(18,19)16-7-12-14-3-4-15-12/h3-5,8-9,16H,1-2,6-7,13H2,(H,14,15). The van der Waals surface area contributed by atoms with Crippen molar-refractivity contribution in [3.05, 3.63) is 36.2 Å². The Balaban J connectivity index is 1.79. The fourth-order valence-electron chi connectivity index (χ4n) is 2.14. The van der Waals surface area contributed by atoms with Crippen LogP contribution in [0.15, 0.2) is 29.6 Å². The molecule has 4 N–H and O–H groups in total. The summed E-state index contributed by atoms with van der Waals surface area (Å²) in [6, 6.07) is 2.05. The van der Waals surface area contributed by atoms with E-state index in [1.165, 1.54) is 0 Å². The summed E-state index contributed by atoms with van der Waals surface area (Å²) >= 11 is 0. The van der Waals surface area contributed by atoms with Gasteiger partial charge < -0.3 is 15.3 Å². The molecule has 0 unspecified atom stereocenters. The van der Waals surface area contributed by atoms with Crippen LogP contribution < -0.4 is 10.5 Å². The predicted octanol–water partition coefficient (Wildman–Crippen LogP) is 0.483. The lowest BCUT2D eigenvalue weighted by Crippen LogP contribution is -2.23. The highest BCUT2D eigenvalue weighted by molar-refractivity contribution is 7.89. The van der Waals surface area contributed by atoms with Crippen LogP contribution >= 0.6 is 0 Å². The van der Waals surface area contributed by atoms with Gasteiger partial charge in [-0.2, -0.15) is 0 Å². The van der Waals surface area contributed by atoms with Crippen molar-refractivity contribution < 1.29 is 8.42 Å². The number of H-pyrrole nitrogens is 1. The van der Waals surface area contributed by atoms with Gasteiger partial charge in [0.05, 0.1) is 11.4 Å². The van der Waals surface area contributed by atoms with E-state index in [0.29, 0.717) is 18.4 Å². The van der Waals surface area contributed by atoms with Gasteiger partial charge in [-0.1, -0.05) is 0 Å². The van der Waals surface area contributed by atoms with Gasteiger partial charge in [0.2, 0.25) is 10.0 Å². The highest BCUT2D eigenvalue weighted by Crippen LogP contribution is 2.37. The molecule has 0 amide bonds. The van der Waals surface area contributed by atoms with E-state index >= 15 is 0 Å². The summed E-state index contributed by atoms with van der Waals surface area (Å²) in [6.45, 7) is 0.478. The lowest BCUT2D eigenvalue weighted by molar-refractivity contribution is 0.579. The van der Waals surface area contributed by atoms with Gasteiger partial charge in [-0.25, -0.2) is 18.1 Å². The lowest BCUT2D eigenvalue weighted by atomic mass is 10.4. The molecule has 0 radical (unpaired) electrons. The summed E-state index contributed by atoms with van der Waals surface area (Å²) < 4.78 is 29.0. The van der Waals surface area contributed by atoms with Crippen LogP contribution in [0, 0.1) is 0 Å². The van der Waals surface area contributed by atoms with Crippen LogP contribution in [0.25, 0.3) is 0 Å². The third-order valence-electron chi connectivity index (χ3n) is 3.35. The van der Waals surface area contributed by atoms with E-state index in [0.717, 1.165) is 18.5 Å². The van der Waals surface area contributed by atoms with Crippen molar-refractivity contribution in [2.45, 2.75) is 36.9 Å². The first-order valence-corrected chi connectivity index (χ1v) is 7.97. The summed E-state index contributed by atoms with van der Waals surface area (Å²) in [5, 5.41) is 0. The molecule has 108 valence electrons. The van der Waals surface area contributed by atoms with Crippen molar-refractivity contribution in [3.8, 4) is 0 Å². The molecular formula is C12H17N5O2S. The molecule has 1 aliphatic carbocycles. The Morgan fingerprint density at radius 3 is 2.90 bits per heavy atom. The third-order valence-corrected chi connectivity index (χ3v) is 4.72. The Morgan fingerprint density at radius 2 is 2.30 bits per heavy atom. The zero-order valence-electron chi connectivity index (χ0n) is 10.9. The van der Waals surface area contributed by atoms with Crippen LogP contribution in [-0.4, -0.2) is 23.0 Å². The normalized spacial score (nSPS) is 15.7. The molecule has 2 aromatic heterocycles. The minimum atomic E-state index is -3.54. The Bertz CT molecular complexity index is 686. The lowest BCUT2D eigenvalue weighted by Gasteiger charge is -2.04. The van der Waals surface area contributed by atoms with E-state index in [2.05, 4.69) is 14.7 Å². The summed E-state index contributed by atoms with van der Waals surface area (Å²) in [5.74, 6) is 0.578. The molecule has 2 heterocycles. The summed E-state index contributed by atoms with van der Waals surface area (Å²) in [7, 11) is -3.54. The van der Waals surface area contributed by atoms with Crippen LogP contribution in [-0.2, 0) is 23.1 Å². The number of sulfonamides is 1. The molecule has 1 saturated carbocycles. The minimum Gasteiger partial charge on any atom is -0.347 e. The number of nitrogens with one attached hydrogen (secondary N) is 2. The van der Waals surface area contributed by atoms with Crippen LogP contribution in [0.1, 0.15) is 30.4 Å². The average Bonchev–Trinajstić information content (AvgIpc) is 2.98. The molecule has 0 aliphatic heterocycles. The van der Waals surface area contributed by atoms with E-state index in [4.69, 9.17) is 5.73 Å². The van der Waals surface area contributed by atoms with E-state index in [1.54, 1.807) is 24.7 Å². The molecule has 0 saturated heterocycles. The fourth-order valence-corrected chi connectivity index (χ4v) is 3.18. The molecule has 0 atom stereocenters. The number of rotatable bonds is 6. The highest BCUT2D eigenvalue weighted by atomic mass is 32.2. The second kappa shape index (κ2) is 5.04. The maximum Gasteiger partial charge on any atom is 0.242 e. The quantitative estimate of drug-likeness (QED) is 0.720. The zero-order chi connectivity index (χ0) is 14.2. The molecular weight excluding hydrogens is 278 g/mol. The number of hydrogen-bond donors (Lipinski definition) is 3. The average molecular weight is 295 g/mol. The van der Waals surface area contributed by atoms with Gasteiger partial charge in [-0.05, 0) is 18.9 Å². The first kappa shape index (κ1) is 13.3. The first-order chi connectivity index (χ1) is 9.60. The Morgan fingerprint density at radius 1 is 1.50 bits per heavy atom. The van der Waals surface area contributed by atoms with E-state index in [9.17, 15) is 8.42 Å². The van der Waals surface area contributed by atoms with Crippen molar-refractivity contribution in [3.63, 3.8) is 0 Å². The molecule has 1 fully saturated rings. The molecule has 0 bridgehead atoms. The summed E-state index contributed by atoms with van der Waals surface area (Å²) in [5.41, 5.74) is 6.53. The third kappa shape index (κ3) is 2.62. The second-order valence-electron chi connectivity index (χ2n) is 4.87. The molecule has 20 heavy (non-hydrogen) atoms. The topological polar surface area (TPSA) is 106 Å². The molecule has 7 nitrogen and oxygen atoms in total. The van der Waals surface area contributed by atoms with Crippen molar-refractivity contribution in [1.29, 1.82) is 0 Å². The predicted molar refractivity (Wildman–Crippen MR) is 73.2 cm³/mol. The molecule has 3 rings (SSSR count). The van der Waals surface area contributed by atoms with Crippen LogP contribution in [0.2, 0.25) is 0 Å². The maximum atomic E-state index is 12.2. The van der Waals surface area contributed by atoms with Gasteiger partial charge in [0.1, 0.15) is 5.82 Å². The molecule has 0 aromatic carbocycles. The van der Waals surface area contributed by atoms with Gasteiger partial charge in [-0.3, -0.25) is 0 Å². The number of hydrogen-bond acceptors (Lipinski definition) is 4. The number of imidazole rings is 1. The number of nitrogens with zero attached hydrogens (tertiary/aromatic N) is 2. The van der Waals surface area contributed by atoms with E-state index in [1.807, 2.05) is 4.57 Å². The van der Waals surface area contributed by atoms with E-state index in [-0.39, 0.29) is 11.4 Å². The Hall–Kier alpha value is -1.64. The van der Waals surface area contributed by atoms with Gasteiger partial charge in [0.15, 0.2) is 0 Å².